The van der Waals surface area contributed by atoms with Gasteiger partial charge in [0.15, 0.2) is 0 Å². The van der Waals surface area contributed by atoms with Gasteiger partial charge in [-0.1, -0.05) is 17.7 Å². The Hall–Kier alpha value is -1.26. The van der Waals surface area contributed by atoms with Crippen molar-refractivity contribution in [3.63, 3.8) is 0 Å². The predicted octanol–water partition coefficient (Wildman–Crippen LogP) is 2.07. The Morgan fingerprint density at radius 3 is 2.33 bits per heavy atom. The molecule has 2 N–H and O–H groups in total. The van der Waals surface area contributed by atoms with Gasteiger partial charge in [-0.05, 0) is 37.5 Å². The lowest BCUT2D eigenvalue weighted by Gasteiger charge is -2.19. The molecule has 1 aromatic carbocycles. The minimum atomic E-state index is -4.56. The lowest BCUT2D eigenvalue weighted by Crippen LogP contribution is -2.48. The summed E-state index contributed by atoms with van der Waals surface area (Å²) in [6, 6.07) is 4.66. The Morgan fingerprint density at radius 1 is 1.25 bits per heavy atom. The fourth-order valence-corrected chi connectivity index (χ4v) is 3.46. The molecular formula is C14H19F3N2O3S2. The number of halogens is 3. The fraction of sp³-hybridized carbons (Fsp3) is 0.500. The van der Waals surface area contributed by atoms with Gasteiger partial charge < -0.3 is 5.32 Å². The molecule has 0 bridgehead atoms. The van der Waals surface area contributed by atoms with Crippen LogP contribution in [0.25, 0.3) is 0 Å². The Balaban J connectivity index is 2.87. The molecule has 0 aromatic heterocycles. The van der Waals surface area contributed by atoms with E-state index in [0.717, 1.165) is 5.56 Å². The Labute approximate surface area is 143 Å². The monoisotopic (exact) mass is 384 g/mol. The molecule has 10 heteroatoms. The van der Waals surface area contributed by atoms with Crippen molar-refractivity contribution in [3.05, 3.63) is 29.8 Å². The molecular weight excluding hydrogens is 365 g/mol. The van der Waals surface area contributed by atoms with Crippen LogP contribution in [0.5, 0.6) is 0 Å². The van der Waals surface area contributed by atoms with E-state index >= 15 is 0 Å². The maximum absolute atomic E-state index is 12.3. The first-order valence-corrected chi connectivity index (χ1v) is 9.85. The van der Waals surface area contributed by atoms with Crippen molar-refractivity contribution >= 4 is 27.7 Å². The number of thioether (sulfide) groups is 1. The number of alkyl halides is 3. The summed E-state index contributed by atoms with van der Waals surface area (Å²) in [6.07, 6.45) is -2.73. The van der Waals surface area contributed by atoms with E-state index < -0.39 is 34.7 Å². The van der Waals surface area contributed by atoms with Crippen LogP contribution in [-0.4, -0.2) is 45.1 Å². The van der Waals surface area contributed by atoms with Gasteiger partial charge in [0.1, 0.15) is 12.6 Å². The van der Waals surface area contributed by atoms with Crippen LogP contribution in [0.2, 0.25) is 0 Å². The maximum atomic E-state index is 12.3. The number of benzene rings is 1. The highest BCUT2D eigenvalue weighted by Gasteiger charge is 2.31. The number of rotatable bonds is 8. The maximum Gasteiger partial charge on any atom is 0.405 e. The summed E-state index contributed by atoms with van der Waals surface area (Å²) < 4.78 is 63.4. The number of nitrogens with one attached hydrogen (secondary N) is 2. The van der Waals surface area contributed by atoms with Gasteiger partial charge in [0.05, 0.1) is 4.90 Å². The van der Waals surface area contributed by atoms with Gasteiger partial charge in [0.25, 0.3) is 0 Å². The van der Waals surface area contributed by atoms with Crippen LogP contribution in [0.4, 0.5) is 13.2 Å². The first-order valence-electron chi connectivity index (χ1n) is 6.97. The van der Waals surface area contributed by atoms with Crippen molar-refractivity contribution in [1.29, 1.82) is 0 Å². The molecule has 0 aliphatic carbocycles. The lowest BCUT2D eigenvalue weighted by molar-refractivity contribution is -0.139. The van der Waals surface area contributed by atoms with E-state index in [-0.39, 0.29) is 11.3 Å². The van der Waals surface area contributed by atoms with Crippen LogP contribution in [0.1, 0.15) is 12.0 Å². The number of hydrogen-bond acceptors (Lipinski definition) is 4. The number of carbonyl (C=O) groups is 1. The van der Waals surface area contributed by atoms with Gasteiger partial charge in [-0.15, -0.1) is 0 Å². The van der Waals surface area contributed by atoms with Gasteiger partial charge in [0.2, 0.25) is 15.9 Å². The van der Waals surface area contributed by atoms with Crippen LogP contribution in [0.15, 0.2) is 29.2 Å². The molecule has 0 saturated heterocycles. The van der Waals surface area contributed by atoms with Crippen molar-refractivity contribution in [2.75, 3.05) is 18.6 Å². The molecule has 0 aliphatic rings. The average molecular weight is 384 g/mol. The number of amides is 1. The quantitative estimate of drug-likeness (QED) is 0.720. The van der Waals surface area contributed by atoms with Gasteiger partial charge in [-0.25, -0.2) is 8.42 Å². The molecule has 24 heavy (non-hydrogen) atoms. The second-order valence-corrected chi connectivity index (χ2v) is 7.80. The average Bonchev–Trinajstić information content (AvgIpc) is 2.48. The van der Waals surface area contributed by atoms with Crippen molar-refractivity contribution < 1.29 is 26.4 Å². The molecule has 5 nitrogen and oxygen atoms in total. The largest absolute Gasteiger partial charge is 0.405 e. The van der Waals surface area contributed by atoms with Crippen molar-refractivity contribution in [3.8, 4) is 0 Å². The van der Waals surface area contributed by atoms with Gasteiger partial charge in [-0.3, -0.25) is 4.79 Å². The Bertz CT molecular complexity index is 646. The summed E-state index contributed by atoms with van der Waals surface area (Å²) in [4.78, 5) is 11.9. The minimum Gasteiger partial charge on any atom is -0.346 e. The highest BCUT2D eigenvalue weighted by Crippen LogP contribution is 2.14. The topological polar surface area (TPSA) is 75.3 Å². The Morgan fingerprint density at radius 2 is 1.83 bits per heavy atom. The molecule has 0 fully saturated rings. The van der Waals surface area contributed by atoms with E-state index in [1.165, 1.54) is 23.9 Å². The summed E-state index contributed by atoms with van der Waals surface area (Å²) in [5, 5.41) is 1.71. The summed E-state index contributed by atoms with van der Waals surface area (Å²) in [6.45, 7) is 0.281. The smallest absolute Gasteiger partial charge is 0.346 e. The number of hydrogen-bond donors (Lipinski definition) is 2. The van der Waals surface area contributed by atoms with Crippen molar-refractivity contribution in [2.24, 2.45) is 0 Å². The molecule has 1 amide bonds. The zero-order valence-corrected chi connectivity index (χ0v) is 14.8. The van der Waals surface area contributed by atoms with Crippen LogP contribution in [0.3, 0.4) is 0 Å². The molecule has 1 unspecified atom stereocenters. The number of carbonyl (C=O) groups excluding carboxylic acids is 1. The zero-order valence-electron chi connectivity index (χ0n) is 13.2. The molecule has 136 valence electrons. The third kappa shape index (κ3) is 7.10. The fourth-order valence-electron chi connectivity index (χ4n) is 1.76. The van der Waals surface area contributed by atoms with Crippen molar-refractivity contribution in [1.82, 2.24) is 10.0 Å². The SMILES string of the molecule is CSCCC(NS(=O)(=O)c1ccc(C)cc1)C(=O)NCC(F)(F)F. The normalized spacial score (nSPS) is 13.5. The summed E-state index contributed by atoms with van der Waals surface area (Å²) >= 11 is 1.36. The summed E-state index contributed by atoms with van der Waals surface area (Å²) in [7, 11) is -4.01. The first-order chi connectivity index (χ1) is 11.0. The third-order valence-corrected chi connectivity index (χ3v) is 5.15. The third-order valence-electron chi connectivity index (χ3n) is 3.02. The van der Waals surface area contributed by atoms with Gasteiger partial charge in [0, 0.05) is 0 Å². The number of sulfonamides is 1. The molecule has 0 radical (unpaired) electrons. The second kappa shape index (κ2) is 8.72. The molecule has 0 spiro atoms. The van der Waals surface area contributed by atoms with E-state index in [1.807, 2.05) is 0 Å². The van der Waals surface area contributed by atoms with E-state index in [1.54, 1.807) is 30.6 Å². The highest BCUT2D eigenvalue weighted by molar-refractivity contribution is 7.98. The van der Waals surface area contributed by atoms with Crippen LogP contribution in [0, 0.1) is 6.92 Å². The first kappa shape index (κ1) is 20.8. The van der Waals surface area contributed by atoms with E-state index in [9.17, 15) is 26.4 Å². The zero-order chi connectivity index (χ0) is 18.4. The molecule has 1 rings (SSSR count). The molecule has 0 saturated carbocycles. The highest BCUT2D eigenvalue weighted by atomic mass is 32.2. The molecule has 1 atom stereocenters. The van der Waals surface area contributed by atoms with Crippen LogP contribution < -0.4 is 10.0 Å². The van der Waals surface area contributed by atoms with Gasteiger partial charge >= 0.3 is 6.18 Å². The van der Waals surface area contributed by atoms with E-state index in [0.29, 0.717) is 5.75 Å². The van der Waals surface area contributed by atoms with Crippen LogP contribution in [-0.2, 0) is 14.8 Å². The number of aryl methyl sites for hydroxylation is 1. The van der Waals surface area contributed by atoms with Crippen LogP contribution >= 0.6 is 11.8 Å². The second-order valence-electron chi connectivity index (χ2n) is 5.10. The summed E-state index contributed by atoms with van der Waals surface area (Å²) in [5.41, 5.74) is 0.857. The van der Waals surface area contributed by atoms with E-state index in [2.05, 4.69) is 4.72 Å². The molecule has 0 heterocycles. The van der Waals surface area contributed by atoms with Gasteiger partial charge in [-0.2, -0.15) is 29.7 Å². The van der Waals surface area contributed by atoms with Crippen molar-refractivity contribution in [2.45, 2.75) is 30.5 Å². The lowest BCUT2D eigenvalue weighted by atomic mass is 10.2. The molecule has 1 aromatic rings. The molecule has 0 aliphatic heterocycles. The minimum absolute atomic E-state index is 0.0501. The Kier molecular flexibility index (Phi) is 7.56. The van der Waals surface area contributed by atoms with E-state index in [4.69, 9.17) is 0 Å². The predicted molar refractivity (Wildman–Crippen MR) is 87.4 cm³/mol. The standard InChI is InChI=1S/C14H19F3N2O3S2/c1-10-3-5-11(6-4-10)24(21,22)19-12(7-8-23-2)13(20)18-9-14(15,16)17/h3-6,12,19H,7-9H2,1-2H3,(H,18,20). The summed E-state index contributed by atoms with van der Waals surface area (Å²) in [5.74, 6) is -0.586.